The zero-order valence-corrected chi connectivity index (χ0v) is 7.23. The van der Waals surface area contributed by atoms with E-state index < -0.39 is 0 Å². The zero-order valence-electron chi connectivity index (χ0n) is 6.42. The Bertz CT molecular complexity index is 202. The molecule has 0 spiro atoms. The van der Waals surface area contributed by atoms with Crippen molar-refractivity contribution in [3.63, 3.8) is 0 Å². The maximum atomic E-state index is 4.30. The predicted octanol–water partition coefficient (Wildman–Crippen LogP) is 1.96. The van der Waals surface area contributed by atoms with E-state index in [4.69, 9.17) is 0 Å². The van der Waals surface area contributed by atoms with Gasteiger partial charge < -0.3 is 5.32 Å². The Morgan fingerprint density at radius 3 is 3.18 bits per heavy atom. The zero-order chi connectivity index (χ0) is 7.52. The molecule has 1 atom stereocenters. The summed E-state index contributed by atoms with van der Waals surface area (Å²) < 4.78 is 0. The molecule has 1 N–H and O–H groups in total. The second-order valence-electron chi connectivity index (χ2n) is 2.92. The number of thiazole rings is 1. The van der Waals surface area contributed by atoms with E-state index in [0.717, 1.165) is 6.54 Å². The smallest absolute Gasteiger partial charge is 0.0795 e. The van der Waals surface area contributed by atoms with Gasteiger partial charge >= 0.3 is 0 Å². The van der Waals surface area contributed by atoms with Crippen LogP contribution in [-0.4, -0.2) is 11.5 Å². The number of aromatic nitrogens is 1. The van der Waals surface area contributed by atoms with Crippen LogP contribution in [0.4, 0.5) is 0 Å². The average Bonchev–Trinajstić information content (AvgIpc) is 2.58. The topological polar surface area (TPSA) is 24.9 Å². The van der Waals surface area contributed by atoms with Crippen LogP contribution in [0.5, 0.6) is 0 Å². The van der Waals surface area contributed by atoms with Gasteiger partial charge in [-0.3, -0.25) is 0 Å². The molecule has 1 aliphatic rings. The summed E-state index contributed by atoms with van der Waals surface area (Å²) in [7, 11) is 0. The molecule has 0 radical (unpaired) electrons. The summed E-state index contributed by atoms with van der Waals surface area (Å²) in [5, 5.41) is 5.61. The molecule has 2 rings (SSSR count). The molecule has 1 saturated heterocycles. The lowest BCUT2D eigenvalue weighted by Gasteiger charge is -2.21. The first kappa shape index (κ1) is 7.25. The molecule has 11 heavy (non-hydrogen) atoms. The lowest BCUT2D eigenvalue weighted by Crippen LogP contribution is -2.26. The fraction of sp³-hybridized carbons (Fsp3) is 0.625. The summed E-state index contributed by atoms with van der Waals surface area (Å²) in [5.41, 5.74) is 3.14. The van der Waals surface area contributed by atoms with Gasteiger partial charge in [-0.05, 0) is 19.4 Å². The van der Waals surface area contributed by atoms with Gasteiger partial charge in [0.2, 0.25) is 0 Å². The Hall–Kier alpha value is -0.410. The summed E-state index contributed by atoms with van der Waals surface area (Å²) in [5.74, 6) is 0. The van der Waals surface area contributed by atoms with Crippen LogP contribution in [0.3, 0.4) is 0 Å². The third-order valence-electron chi connectivity index (χ3n) is 2.12. The van der Waals surface area contributed by atoms with Crippen molar-refractivity contribution >= 4 is 11.3 Å². The lowest BCUT2D eigenvalue weighted by molar-refractivity contribution is 0.406. The van der Waals surface area contributed by atoms with Crippen LogP contribution in [0.15, 0.2) is 10.9 Å². The standard InChI is InChI=1S/C8H12N2S/c1-2-4-9-7(3-1)8-5-11-6-10-8/h5-7,9H,1-4H2/t7-/m0/s1. The van der Waals surface area contributed by atoms with E-state index in [1.54, 1.807) is 11.3 Å². The van der Waals surface area contributed by atoms with Crippen molar-refractivity contribution in [3.8, 4) is 0 Å². The molecule has 0 bridgehead atoms. The van der Waals surface area contributed by atoms with Gasteiger partial charge in [-0.15, -0.1) is 11.3 Å². The van der Waals surface area contributed by atoms with Gasteiger partial charge in [0.25, 0.3) is 0 Å². The summed E-state index contributed by atoms with van der Waals surface area (Å²) >= 11 is 1.68. The summed E-state index contributed by atoms with van der Waals surface area (Å²) in [4.78, 5) is 4.30. The van der Waals surface area contributed by atoms with Crippen molar-refractivity contribution < 1.29 is 0 Å². The first-order valence-electron chi connectivity index (χ1n) is 4.08. The Kier molecular flexibility index (Phi) is 2.19. The second kappa shape index (κ2) is 3.32. The molecule has 0 aliphatic carbocycles. The largest absolute Gasteiger partial charge is 0.309 e. The van der Waals surface area contributed by atoms with Crippen molar-refractivity contribution in [2.75, 3.05) is 6.54 Å². The third-order valence-corrected chi connectivity index (χ3v) is 2.72. The van der Waals surface area contributed by atoms with Gasteiger partial charge in [-0.25, -0.2) is 4.98 Å². The monoisotopic (exact) mass is 168 g/mol. The molecule has 0 amide bonds. The number of rotatable bonds is 1. The first-order chi connectivity index (χ1) is 5.47. The van der Waals surface area contributed by atoms with Gasteiger partial charge in [0.15, 0.2) is 0 Å². The molecule has 0 saturated carbocycles. The van der Waals surface area contributed by atoms with Gasteiger partial charge in [-0.1, -0.05) is 6.42 Å². The molecular formula is C8H12N2S. The SMILES string of the molecule is c1nc([C@@H]2CCCCN2)cs1. The second-order valence-corrected chi connectivity index (χ2v) is 3.63. The van der Waals surface area contributed by atoms with Crippen molar-refractivity contribution in [1.82, 2.24) is 10.3 Å². The van der Waals surface area contributed by atoms with Crippen molar-refractivity contribution in [2.45, 2.75) is 25.3 Å². The number of piperidine rings is 1. The molecule has 1 aliphatic heterocycles. The van der Waals surface area contributed by atoms with Gasteiger partial charge in [0.1, 0.15) is 0 Å². The van der Waals surface area contributed by atoms with Crippen LogP contribution in [0.1, 0.15) is 31.0 Å². The number of nitrogens with one attached hydrogen (secondary N) is 1. The van der Waals surface area contributed by atoms with Crippen molar-refractivity contribution in [1.29, 1.82) is 0 Å². The van der Waals surface area contributed by atoms with Crippen molar-refractivity contribution in [2.24, 2.45) is 0 Å². The van der Waals surface area contributed by atoms with Crippen LogP contribution in [-0.2, 0) is 0 Å². The molecule has 2 nitrogen and oxygen atoms in total. The fourth-order valence-corrected chi connectivity index (χ4v) is 2.11. The lowest BCUT2D eigenvalue weighted by atomic mass is 10.0. The molecule has 60 valence electrons. The first-order valence-corrected chi connectivity index (χ1v) is 5.02. The minimum atomic E-state index is 0.537. The van der Waals surface area contributed by atoms with E-state index in [1.165, 1.54) is 25.0 Å². The highest BCUT2D eigenvalue weighted by atomic mass is 32.1. The highest BCUT2D eigenvalue weighted by Crippen LogP contribution is 2.21. The molecule has 1 fully saturated rings. The third kappa shape index (κ3) is 1.60. The number of hydrogen-bond donors (Lipinski definition) is 1. The summed E-state index contributed by atoms with van der Waals surface area (Å²) in [6.45, 7) is 1.15. The quantitative estimate of drug-likeness (QED) is 0.693. The summed E-state index contributed by atoms with van der Waals surface area (Å²) in [6, 6.07) is 0.537. The van der Waals surface area contributed by atoms with Crippen LogP contribution in [0, 0.1) is 0 Å². The molecular weight excluding hydrogens is 156 g/mol. The molecule has 1 aromatic heterocycles. The normalized spacial score (nSPS) is 25.3. The Balaban J connectivity index is 2.04. The van der Waals surface area contributed by atoms with E-state index in [2.05, 4.69) is 15.7 Å². The van der Waals surface area contributed by atoms with E-state index in [1.807, 2.05) is 5.51 Å². The van der Waals surface area contributed by atoms with Crippen LogP contribution in [0.25, 0.3) is 0 Å². The van der Waals surface area contributed by atoms with E-state index in [9.17, 15) is 0 Å². The minimum Gasteiger partial charge on any atom is -0.309 e. The van der Waals surface area contributed by atoms with Crippen molar-refractivity contribution in [3.05, 3.63) is 16.6 Å². The van der Waals surface area contributed by atoms with Gasteiger partial charge in [0, 0.05) is 5.38 Å². The number of nitrogens with zero attached hydrogens (tertiary/aromatic N) is 1. The molecule has 2 heterocycles. The van der Waals surface area contributed by atoms with Gasteiger partial charge in [-0.2, -0.15) is 0 Å². The van der Waals surface area contributed by atoms with Crippen LogP contribution < -0.4 is 5.32 Å². The van der Waals surface area contributed by atoms with Crippen LogP contribution >= 0.6 is 11.3 Å². The molecule has 1 aromatic rings. The molecule has 0 aromatic carbocycles. The predicted molar refractivity (Wildman–Crippen MR) is 46.7 cm³/mol. The van der Waals surface area contributed by atoms with E-state index in [-0.39, 0.29) is 0 Å². The molecule has 0 unspecified atom stereocenters. The van der Waals surface area contributed by atoms with Gasteiger partial charge in [0.05, 0.1) is 17.2 Å². The van der Waals surface area contributed by atoms with Crippen LogP contribution in [0.2, 0.25) is 0 Å². The van der Waals surface area contributed by atoms with E-state index in [0.29, 0.717) is 6.04 Å². The number of hydrogen-bond acceptors (Lipinski definition) is 3. The Labute approximate surface area is 70.7 Å². The summed E-state index contributed by atoms with van der Waals surface area (Å²) in [6.07, 6.45) is 3.92. The average molecular weight is 168 g/mol. The Morgan fingerprint density at radius 1 is 1.55 bits per heavy atom. The van der Waals surface area contributed by atoms with E-state index >= 15 is 0 Å². The maximum Gasteiger partial charge on any atom is 0.0795 e. The fourth-order valence-electron chi connectivity index (χ4n) is 1.50. The highest BCUT2D eigenvalue weighted by Gasteiger charge is 2.15. The minimum absolute atomic E-state index is 0.537. The molecule has 3 heteroatoms. The Morgan fingerprint density at radius 2 is 2.55 bits per heavy atom. The highest BCUT2D eigenvalue weighted by molar-refractivity contribution is 7.07. The maximum absolute atomic E-state index is 4.30.